The van der Waals surface area contributed by atoms with E-state index in [0.29, 0.717) is 0 Å². The number of ether oxygens (including phenoxy) is 3. The number of hydrogen-bond donors (Lipinski definition) is 7. The number of aromatic nitrogens is 4. The van der Waals surface area contributed by atoms with Gasteiger partial charge in [0, 0.05) is 7.11 Å². The lowest BCUT2D eigenvalue weighted by Gasteiger charge is -2.42. The molecule has 226 valence electrons. The Kier molecular flexibility index (Phi) is 9.13. The molecule has 40 heavy (non-hydrogen) atoms. The van der Waals surface area contributed by atoms with Crippen LogP contribution in [0.25, 0.3) is 11.2 Å². The maximum Gasteiger partial charge on any atom is 0.280 e. The maximum absolute atomic E-state index is 12.2. The summed E-state index contributed by atoms with van der Waals surface area (Å²) in [6, 6.07) is 0. The largest absolute Gasteiger partial charge is 0.756 e. The highest BCUT2D eigenvalue weighted by Gasteiger charge is 2.47. The average molecular weight is 617 g/mol. The van der Waals surface area contributed by atoms with E-state index >= 15 is 0 Å². The number of hydrogen-bond acceptors (Lipinski definition) is 19. The summed E-state index contributed by atoms with van der Waals surface area (Å²) in [5.74, 6) is -0.285. The van der Waals surface area contributed by atoms with Crippen molar-refractivity contribution < 1.29 is 72.0 Å². The minimum atomic E-state index is -5.88. The Morgan fingerprint density at radius 2 is 1.68 bits per heavy atom. The van der Waals surface area contributed by atoms with Crippen LogP contribution in [0.3, 0.4) is 0 Å². The van der Waals surface area contributed by atoms with Crippen molar-refractivity contribution in [1.82, 2.24) is 19.5 Å². The smallest absolute Gasteiger partial charge is 0.280 e. The molecule has 2 aromatic rings. The van der Waals surface area contributed by atoms with Gasteiger partial charge in [-0.2, -0.15) is 4.98 Å². The van der Waals surface area contributed by atoms with Crippen molar-refractivity contribution in [1.29, 1.82) is 0 Å². The summed E-state index contributed by atoms with van der Waals surface area (Å²) in [4.78, 5) is 46.3. The Labute approximate surface area is 222 Å². The van der Waals surface area contributed by atoms with E-state index < -0.39 is 83.1 Å². The summed E-state index contributed by atoms with van der Waals surface area (Å²) in [7, 11) is -10.5. The van der Waals surface area contributed by atoms with Crippen LogP contribution in [0, 0.1) is 0 Å². The summed E-state index contributed by atoms with van der Waals surface area (Å²) in [5.41, 5.74) is 4.52. The van der Waals surface area contributed by atoms with Crippen LogP contribution in [0.4, 0.5) is 5.95 Å². The third kappa shape index (κ3) is 6.44. The fraction of sp³-hybridized carbons (Fsp3) is 0.706. The summed E-state index contributed by atoms with van der Waals surface area (Å²) >= 11 is 0. The first-order chi connectivity index (χ1) is 18.6. The van der Waals surface area contributed by atoms with Gasteiger partial charge in [-0.25, -0.2) is 9.29 Å². The van der Waals surface area contributed by atoms with E-state index in [9.17, 15) is 49.2 Å². The van der Waals surface area contributed by atoms with Crippen molar-refractivity contribution in [3.63, 3.8) is 0 Å². The molecule has 0 radical (unpaired) electrons. The molecule has 8 N–H and O–H groups in total. The highest BCUT2D eigenvalue weighted by atomic mass is 31.3. The van der Waals surface area contributed by atoms with Gasteiger partial charge in [-0.05, 0) is 0 Å². The molecule has 2 saturated heterocycles. The quantitative estimate of drug-likeness (QED) is 0.122. The summed E-state index contributed by atoms with van der Waals surface area (Å²) in [6.07, 6.45) is -14.8. The van der Waals surface area contributed by atoms with Crippen LogP contribution in [-0.2, 0) is 36.7 Å². The Balaban J connectivity index is 1.39. The summed E-state index contributed by atoms with van der Waals surface area (Å²) in [6.45, 7) is -1.43. The lowest BCUT2D eigenvalue weighted by Crippen LogP contribution is -2.59. The van der Waals surface area contributed by atoms with Gasteiger partial charge in [0.15, 0.2) is 23.7 Å². The van der Waals surface area contributed by atoms with Crippen LogP contribution in [0.2, 0.25) is 0 Å². The molecule has 0 aliphatic carbocycles. The third-order valence-electron chi connectivity index (χ3n) is 5.89. The van der Waals surface area contributed by atoms with E-state index in [1.807, 2.05) is 0 Å². The Hall–Kier alpha value is -1.91. The second-order valence-electron chi connectivity index (χ2n) is 8.67. The van der Waals surface area contributed by atoms with E-state index in [2.05, 4.69) is 28.3 Å². The lowest BCUT2D eigenvalue weighted by molar-refractivity contribution is -0.305. The number of nitrogen functional groups attached to an aromatic ring is 1. The number of nitrogens with zero attached hydrogens (tertiary/aromatic N) is 3. The van der Waals surface area contributed by atoms with Crippen molar-refractivity contribution in [3.05, 3.63) is 16.7 Å². The van der Waals surface area contributed by atoms with Gasteiger partial charge in [0.25, 0.3) is 21.2 Å². The molecule has 2 fully saturated rings. The number of anilines is 1. The normalized spacial score (nSPS) is 36.0. The number of rotatable bonds is 10. The summed E-state index contributed by atoms with van der Waals surface area (Å²) in [5, 5.41) is 50.5. The number of phosphoric ester groups is 2. The van der Waals surface area contributed by atoms with Crippen LogP contribution in [0.15, 0.2) is 11.1 Å². The molecule has 21 nitrogen and oxygen atoms in total. The zero-order chi connectivity index (χ0) is 29.6. The van der Waals surface area contributed by atoms with Crippen LogP contribution >= 0.6 is 15.6 Å². The van der Waals surface area contributed by atoms with Gasteiger partial charge in [0.05, 0.1) is 19.5 Å². The first-order valence-corrected chi connectivity index (χ1v) is 14.1. The molecular formula is C17H25N5O16P2-2. The van der Waals surface area contributed by atoms with Gasteiger partial charge >= 0.3 is 0 Å². The molecule has 4 rings (SSSR count). The number of aliphatic hydroxyl groups is 5. The minimum absolute atomic E-state index is 0.126. The number of nitrogens with one attached hydrogen (secondary N) is 1. The average Bonchev–Trinajstić information content (AvgIpc) is 3.39. The molecule has 0 amide bonds. The second kappa shape index (κ2) is 11.8. The standard InChI is InChI=1S/C17H27N5O16P2/c1-33-2-5-8(23)10(25)12(27)16(36-5)37-40(31,32)38-39(29,30)34-3-6-9(24)11(26)15(35-6)22-4-19-7-13(22)20-17(18)21-14(7)28/h4-6,8-12,15-16,23-27H,2-3H2,1H3,(H,29,30)(H,31,32)(H3,18,20,21,28)/p-2/t5-,6+,8+,9+,10+,11+,12-,15+,16+/m0/s1. The topological polar surface area (TPSA) is 326 Å². The number of aliphatic hydroxyl groups excluding tert-OH is 5. The highest BCUT2D eigenvalue weighted by Crippen LogP contribution is 2.57. The van der Waals surface area contributed by atoms with Crippen LogP contribution in [0.1, 0.15) is 6.23 Å². The summed E-state index contributed by atoms with van der Waals surface area (Å²) < 4.78 is 53.5. The molecule has 23 heteroatoms. The number of aromatic amines is 1. The van der Waals surface area contributed by atoms with E-state index in [1.54, 1.807) is 0 Å². The molecule has 2 aliphatic heterocycles. The van der Waals surface area contributed by atoms with Crippen molar-refractivity contribution in [2.45, 2.75) is 55.2 Å². The number of nitrogens with two attached hydrogens (primary N) is 1. The lowest BCUT2D eigenvalue weighted by atomic mass is 9.99. The molecule has 2 aliphatic rings. The van der Waals surface area contributed by atoms with Crippen molar-refractivity contribution in [2.75, 3.05) is 26.1 Å². The zero-order valence-electron chi connectivity index (χ0n) is 20.2. The molecule has 0 spiro atoms. The van der Waals surface area contributed by atoms with Crippen molar-refractivity contribution >= 4 is 32.8 Å². The monoisotopic (exact) mass is 617 g/mol. The van der Waals surface area contributed by atoms with Gasteiger partial charge in [0.2, 0.25) is 5.95 Å². The molecule has 0 bridgehead atoms. The zero-order valence-corrected chi connectivity index (χ0v) is 22.0. The number of H-pyrrole nitrogens is 1. The minimum Gasteiger partial charge on any atom is -0.756 e. The van der Waals surface area contributed by atoms with Gasteiger partial charge in [-0.1, -0.05) is 0 Å². The molecule has 2 aromatic heterocycles. The molecule has 2 unspecified atom stereocenters. The molecule has 11 atom stereocenters. The Morgan fingerprint density at radius 1 is 1.02 bits per heavy atom. The Bertz CT molecular complexity index is 1360. The van der Waals surface area contributed by atoms with Crippen LogP contribution in [-0.4, -0.2) is 114 Å². The predicted molar refractivity (Wildman–Crippen MR) is 120 cm³/mol. The third-order valence-corrected chi connectivity index (χ3v) is 8.42. The second-order valence-corrected chi connectivity index (χ2v) is 11.6. The number of imidazole rings is 1. The fourth-order valence-electron chi connectivity index (χ4n) is 3.99. The number of phosphoric acid groups is 2. The van der Waals surface area contributed by atoms with E-state index in [1.165, 1.54) is 7.11 Å². The molecule has 4 heterocycles. The highest BCUT2D eigenvalue weighted by molar-refractivity contribution is 7.59. The van der Waals surface area contributed by atoms with E-state index in [-0.39, 0.29) is 23.7 Å². The van der Waals surface area contributed by atoms with Gasteiger partial charge < -0.3 is 59.8 Å². The van der Waals surface area contributed by atoms with E-state index in [4.69, 9.17) is 19.9 Å². The predicted octanol–water partition coefficient (Wildman–Crippen LogP) is -5.24. The Morgan fingerprint density at radius 3 is 2.35 bits per heavy atom. The SMILES string of the molecule is COC[C@@H]1O[C@H](OP(=O)([O-])OP(=O)([O-])OC[C@H]2O[C@@H](n3cnc4c(=O)[nH]c(N)nc43)[C@H](O)[C@@H]2O)[C@@H](O)[C@H](O)[C@@H]1O. The first-order valence-electron chi connectivity index (χ1n) is 11.2. The van der Waals surface area contributed by atoms with Gasteiger partial charge in [-0.3, -0.25) is 28.0 Å². The fourth-order valence-corrected chi connectivity index (χ4v) is 6.07. The maximum atomic E-state index is 12.2. The molecule has 0 saturated carbocycles. The van der Waals surface area contributed by atoms with Gasteiger partial charge in [-0.15, -0.1) is 0 Å². The van der Waals surface area contributed by atoms with Crippen LogP contribution in [0.5, 0.6) is 0 Å². The molecule has 0 aromatic carbocycles. The van der Waals surface area contributed by atoms with Crippen molar-refractivity contribution in [3.8, 4) is 0 Å². The van der Waals surface area contributed by atoms with Crippen LogP contribution < -0.4 is 21.1 Å². The first kappa shape index (κ1) is 31.0. The number of methoxy groups -OCH3 is 1. The molecular weight excluding hydrogens is 592 g/mol. The van der Waals surface area contributed by atoms with E-state index in [0.717, 1.165) is 10.9 Å². The van der Waals surface area contributed by atoms with Crippen molar-refractivity contribution in [2.24, 2.45) is 0 Å². The van der Waals surface area contributed by atoms with Gasteiger partial charge in [0.1, 0.15) is 42.7 Å². The number of fused-ring (bicyclic) bond motifs is 1.